The van der Waals surface area contributed by atoms with Crippen molar-refractivity contribution in [2.45, 2.75) is 50.4 Å². The van der Waals surface area contributed by atoms with Crippen LogP contribution < -0.4 is 0 Å². The fourth-order valence-electron chi connectivity index (χ4n) is 5.75. The number of hydrogen-bond donors (Lipinski definition) is 1. The van der Waals surface area contributed by atoms with E-state index in [1.807, 2.05) is 31.2 Å². The van der Waals surface area contributed by atoms with Gasteiger partial charge >= 0.3 is 5.97 Å². The first-order valence-electron chi connectivity index (χ1n) is 14.0. The van der Waals surface area contributed by atoms with Crippen LogP contribution in [-0.2, 0) is 23.1 Å². The summed E-state index contributed by atoms with van der Waals surface area (Å²) in [6.45, 7) is 2.03. The topological polar surface area (TPSA) is 63.3 Å². The fourth-order valence-corrected chi connectivity index (χ4v) is 5.75. The summed E-state index contributed by atoms with van der Waals surface area (Å²) in [6, 6.07) is 37.8. The Kier molecular flexibility index (Phi) is 7.08. The fraction of sp³-hybridized carbons (Fsp3) is 0.222. The van der Waals surface area contributed by atoms with Gasteiger partial charge in [-0.25, -0.2) is 0 Å². The molecule has 0 amide bonds. The van der Waals surface area contributed by atoms with Gasteiger partial charge in [0.25, 0.3) is 0 Å². The van der Waals surface area contributed by atoms with E-state index in [2.05, 4.69) is 90.1 Å². The van der Waals surface area contributed by atoms with Gasteiger partial charge in [0, 0.05) is 11.1 Å². The number of aliphatic carboxylic acids is 1. The van der Waals surface area contributed by atoms with Gasteiger partial charge in [0.2, 0.25) is 0 Å². The van der Waals surface area contributed by atoms with Crippen molar-refractivity contribution in [2.24, 2.45) is 0 Å². The highest BCUT2D eigenvalue weighted by atomic mass is 16.5. The number of aryl methyl sites for hydroxylation is 2. The molecule has 40 heavy (non-hydrogen) atoms. The van der Waals surface area contributed by atoms with Crippen molar-refractivity contribution < 1.29 is 14.4 Å². The Morgan fingerprint density at radius 1 is 0.825 bits per heavy atom. The molecule has 1 saturated carbocycles. The van der Waals surface area contributed by atoms with Crippen LogP contribution >= 0.6 is 0 Å². The van der Waals surface area contributed by atoms with Crippen LogP contribution in [0.15, 0.2) is 114 Å². The minimum Gasteiger partial charge on any atom is -0.481 e. The predicted octanol–water partition coefficient (Wildman–Crippen LogP) is 8.39. The lowest BCUT2D eigenvalue weighted by atomic mass is 9.86. The molecule has 4 nitrogen and oxygen atoms in total. The summed E-state index contributed by atoms with van der Waals surface area (Å²) < 4.78 is 5.90. The maximum absolute atomic E-state index is 11.7. The van der Waals surface area contributed by atoms with Gasteiger partial charge in [-0.1, -0.05) is 114 Å². The number of carboxylic acid groups (broad SMARTS) is 1. The Balaban J connectivity index is 1.23. The van der Waals surface area contributed by atoms with E-state index < -0.39 is 11.4 Å². The largest absolute Gasteiger partial charge is 0.481 e. The molecule has 6 rings (SSSR count). The zero-order valence-corrected chi connectivity index (χ0v) is 22.7. The Morgan fingerprint density at radius 2 is 1.40 bits per heavy atom. The lowest BCUT2D eigenvalue weighted by Crippen LogP contribution is -2.19. The highest BCUT2D eigenvalue weighted by Crippen LogP contribution is 2.48. The quantitative estimate of drug-likeness (QED) is 0.198. The van der Waals surface area contributed by atoms with Crippen molar-refractivity contribution in [3.63, 3.8) is 0 Å². The summed E-state index contributed by atoms with van der Waals surface area (Å²) in [5.41, 5.74) is 8.14. The van der Waals surface area contributed by atoms with Gasteiger partial charge < -0.3 is 9.63 Å². The average molecular weight is 528 g/mol. The number of carboxylic acids is 1. The van der Waals surface area contributed by atoms with Crippen LogP contribution in [0.5, 0.6) is 0 Å². The van der Waals surface area contributed by atoms with Gasteiger partial charge in [0.1, 0.15) is 0 Å². The van der Waals surface area contributed by atoms with Crippen molar-refractivity contribution >= 4 is 5.97 Å². The third-order valence-electron chi connectivity index (χ3n) is 8.41. The molecule has 200 valence electrons. The average Bonchev–Trinajstić information content (AvgIpc) is 3.75. The molecule has 0 spiro atoms. The van der Waals surface area contributed by atoms with Crippen LogP contribution in [0.25, 0.3) is 22.5 Å². The van der Waals surface area contributed by atoms with E-state index in [-0.39, 0.29) is 0 Å². The van der Waals surface area contributed by atoms with E-state index in [0.717, 1.165) is 58.5 Å². The minimum absolute atomic E-state index is 0.344. The lowest BCUT2D eigenvalue weighted by Gasteiger charge is -2.18. The molecule has 1 fully saturated rings. The van der Waals surface area contributed by atoms with Gasteiger partial charge in [-0.15, -0.1) is 0 Å². The van der Waals surface area contributed by atoms with Crippen LogP contribution in [0.4, 0.5) is 0 Å². The second-order valence-electron chi connectivity index (χ2n) is 11.0. The summed E-state index contributed by atoms with van der Waals surface area (Å²) >= 11 is 0. The van der Waals surface area contributed by atoms with Crippen LogP contribution in [-0.4, -0.2) is 16.2 Å². The van der Waals surface area contributed by atoms with E-state index in [0.29, 0.717) is 18.8 Å². The molecule has 4 heteroatoms. The first-order valence-corrected chi connectivity index (χ1v) is 14.0. The summed E-state index contributed by atoms with van der Waals surface area (Å²) in [5, 5.41) is 14.0. The molecule has 1 unspecified atom stereocenters. The third kappa shape index (κ3) is 5.22. The van der Waals surface area contributed by atoms with Crippen LogP contribution in [0.2, 0.25) is 0 Å². The molecule has 0 aliphatic heterocycles. The Labute approximate surface area is 235 Å². The molecule has 4 aromatic carbocycles. The Bertz CT molecular complexity index is 1580. The molecule has 1 N–H and O–H groups in total. The Hall–Kier alpha value is -4.44. The molecule has 1 atom stereocenters. The van der Waals surface area contributed by atoms with Crippen LogP contribution in [0.1, 0.15) is 53.1 Å². The van der Waals surface area contributed by atoms with E-state index in [4.69, 9.17) is 4.52 Å². The Morgan fingerprint density at radius 3 is 2.00 bits per heavy atom. The monoisotopic (exact) mass is 527 g/mol. The lowest BCUT2D eigenvalue weighted by molar-refractivity contribution is -0.140. The molecular weight excluding hydrogens is 494 g/mol. The molecule has 1 aliphatic carbocycles. The SMILES string of the molecule is Cc1noc(-c2ccc(-c3ccc(C4(C(=O)O)CC4)cc3)cc2)c1CC(CCc1ccccc1)c1ccccc1. The highest BCUT2D eigenvalue weighted by Gasteiger charge is 2.51. The number of rotatable bonds is 10. The van der Waals surface area contributed by atoms with Gasteiger partial charge in [-0.3, -0.25) is 4.79 Å². The molecule has 1 aliphatic rings. The van der Waals surface area contributed by atoms with Crippen molar-refractivity contribution in [2.75, 3.05) is 0 Å². The smallest absolute Gasteiger partial charge is 0.314 e. The first kappa shape index (κ1) is 25.8. The van der Waals surface area contributed by atoms with Crippen molar-refractivity contribution in [3.05, 3.63) is 137 Å². The molecular formula is C36H33NO3. The van der Waals surface area contributed by atoms with Crippen LogP contribution in [0, 0.1) is 6.92 Å². The summed E-state index contributed by atoms with van der Waals surface area (Å²) in [5.74, 6) is 0.450. The number of hydrogen-bond acceptors (Lipinski definition) is 3. The molecule has 0 saturated heterocycles. The van der Waals surface area contributed by atoms with Crippen molar-refractivity contribution in [1.82, 2.24) is 5.16 Å². The maximum atomic E-state index is 11.7. The van der Waals surface area contributed by atoms with E-state index >= 15 is 0 Å². The summed E-state index contributed by atoms with van der Waals surface area (Å²) in [7, 11) is 0. The van der Waals surface area contributed by atoms with E-state index in [9.17, 15) is 9.90 Å². The zero-order chi connectivity index (χ0) is 27.5. The highest BCUT2D eigenvalue weighted by molar-refractivity contribution is 5.85. The van der Waals surface area contributed by atoms with Gasteiger partial charge in [-0.2, -0.15) is 0 Å². The second-order valence-corrected chi connectivity index (χ2v) is 11.0. The number of nitrogens with zero attached hydrogens (tertiary/aromatic N) is 1. The van der Waals surface area contributed by atoms with Crippen LogP contribution in [0.3, 0.4) is 0 Å². The first-order chi connectivity index (χ1) is 19.5. The zero-order valence-electron chi connectivity index (χ0n) is 22.7. The molecule has 5 aromatic rings. The number of aromatic nitrogens is 1. The van der Waals surface area contributed by atoms with Crippen molar-refractivity contribution in [3.8, 4) is 22.5 Å². The predicted molar refractivity (Wildman–Crippen MR) is 158 cm³/mol. The number of carbonyl (C=O) groups is 1. The number of benzene rings is 4. The minimum atomic E-state index is -0.725. The van der Waals surface area contributed by atoms with Crippen molar-refractivity contribution in [1.29, 1.82) is 0 Å². The van der Waals surface area contributed by atoms with E-state index in [1.165, 1.54) is 11.1 Å². The second kappa shape index (κ2) is 11.0. The molecule has 1 heterocycles. The van der Waals surface area contributed by atoms with Gasteiger partial charge in [-0.05, 0) is 72.8 Å². The molecule has 0 bridgehead atoms. The normalized spacial score (nSPS) is 14.5. The summed E-state index contributed by atoms with van der Waals surface area (Å²) in [4.78, 5) is 11.7. The molecule has 0 radical (unpaired) electrons. The standard InChI is InChI=1S/C36H33NO3/c1-25-33(24-31(27-10-6-3-7-11-27)13-12-26-8-4-2-5-9-26)34(40-37-25)30-16-14-28(15-17-30)29-18-20-32(21-19-29)36(22-23-36)35(38)39/h2-11,14-21,31H,12-13,22-24H2,1H3,(H,38,39). The van der Waals surface area contributed by atoms with Gasteiger partial charge in [0.05, 0.1) is 11.1 Å². The summed E-state index contributed by atoms with van der Waals surface area (Å²) in [6.07, 6.45) is 4.34. The molecule has 1 aromatic heterocycles. The third-order valence-corrected chi connectivity index (χ3v) is 8.41. The van der Waals surface area contributed by atoms with E-state index in [1.54, 1.807) is 0 Å². The maximum Gasteiger partial charge on any atom is 0.314 e. The van der Waals surface area contributed by atoms with Gasteiger partial charge in [0.15, 0.2) is 5.76 Å².